The maximum atomic E-state index is 12.8. The first-order chi connectivity index (χ1) is 14.9. The average molecular weight is 415 g/mol. The number of methoxy groups -OCH3 is 1. The van der Waals surface area contributed by atoms with Crippen LogP contribution in [0.15, 0.2) is 47.3 Å². The standard InChI is InChI=1S/C25H25N3O3/c1-25(15-26,14-16-6-5-7-17(12-16)24(30)31-2)18-10-11-20-19-8-3-4-9-21(19)23(29)28(27)22(20)13-18/h5-7,10-13H,3-4,8-9,14,27H2,1-2H3. The molecule has 4 rings (SSSR count). The maximum absolute atomic E-state index is 12.8. The van der Waals surface area contributed by atoms with Gasteiger partial charge in [-0.2, -0.15) is 5.26 Å². The molecule has 6 nitrogen and oxygen atoms in total. The largest absolute Gasteiger partial charge is 0.465 e. The predicted molar refractivity (Wildman–Crippen MR) is 119 cm³/mol. The number of esters is 1. The molecule has 1 aromatic heterocycles. The van der Waals surface area contributed by atoms with Crippen LogP contribution in [0.2, 0.25) is 0 Å². The lowest BCUT2D eigenvalue weighted by atomic mass is 9.77. The van der Waals surface area contributed by atoms with Gasteiger partial charge >= 0.3 is 5.97 Å². The van der Waals surface area contributed by atoms with Gasteiger partial charge in [-0.1, -0.05) is 24.3 Å². The van der Waals surface area contributed by atoms with Crippen LogP contribution in [0.25, 0.3) is 10.9 Å². The predicted octanol–water partition coefficient (Wildman–Crippen LogP) is 3.40. The molecule has 3 aromatic rings. The number of pyridine rings is 1. The third-order valence-corrected chi connectivity index (χ3v) is 6.32. The Hall–Kier alpha value is -3.59. The summed E-state index contributed by atoms with van der Waals surface area (Å²) in [4.78, 5) is 24.7. The molecule has 158 valence electrons. The van der Waals surface area contributed by atoms with Gasteiger partial charge in [0.1, 0.15) is 0 Å². The lowest BCUT2D eigenvalue weighted by Gasteiger charge is -2.25. The Balaban J connectivity index is 1.79. The number of aromatic nitrogens is 1. The highest BCUT2D eigenvalue weighted by Crippen LogP contribution is 2.32. The highest BCUT2D eigenvalue weighted by Gasteiger charge is 2.29. The number of nitrogens with zero attached hydrogens (tertiary/aromatic N) is 2. The summed E-state index contributed by atoms with van der Waals surface area (Å²) in [5, 5.41) is 11.1. The first kappa shape index (κ1) is 20.7. The number of ether oxygens (including phenoxy) is 1. The highest BCUT2D eigenvalue weighted by molar-refractivity contribution is 5.89. The number of fused-ring (bicyclic) bond motifs is 3. The molecule has 2 N–H and O–H groups in total. The molecule has 1 heterocycles. The van der Waals surface area contributed by atoms with Crippen molar-refractivity contribution in [2.45, 2.75) is 44.4 Å². The first-order valence-electron chi connectivity index (χ1n) is 10.4. The summed E-state index contributed by atoms with van der Waals surface area (Å²) in [7, 11) is 1.34. The van der Waals surface area contributed by atoms with E-state index >= 15 is 0 Å². The fourth-order valence-electron chi connectivity index (χ4n) is 4.56. The van der Waals surface area contributed by atoms with E-state index in [1.165, 1.54) is 11.8 Å². The fraction of sp³-hybridized carbons (Fsp3) is 0.320. The van der Waals surface area contributed by atoms with Crippen molar-refractivity contribution in [2.75, 3.05) is 13.0 Å². The first-order valence-corrected chi connectivity index (χ1v) is 10.4. The summed E-state index contributed by atoms with van der Waals surface area (Å²) < 4.78 is 6.02. The number of carbonyl (C=O) groups excluding carboxylic acids is 1. The third-order valence-electron chi connectivity index (χ3n) is 6.32. The fourth-order valence-corrected chi connectivity index (χ4v) is 4.56. The Morgan fingerprint density at radius 2 is 1.94 bits per heavy atom. The molecule has 0 amide bonds. The molecule has 1 aliphatic rings. The zero-order chi connectivity index (χ0) is 22.2. The molecule has 1 aliphatic carbocycles. The normalized spacial score (nSPS) is 15.0. The van der Waals surface area contributed by atoms with Gasteiger partial charge in [-0.25, -0.2) is 9.47 Å². The van der Waals surface area contributed by atoms with Crippen LogP contribution in [-0.4, -0.2) is 17.8 Å². The van der Waals surface area contributed by atoms with Crippen LogP contribution in [-0.2, 0) is 29.4 Å². The molecule has 1 unspecified atom stereocenters. The van der Waals surface area contributed by atoms with E-state index in [4.69, 9.17) is 10.6 Å². The molecule has 0 fully saturated rings. The Kier molecular flexibility index (Phi) is 5.28. The van der Waals surface area contributed by atoms with E-state index in [2.05, 4.69) is 6.07 Å². The molecule has 0 saturated heterocycles. The zero-order valence-corrected chi connectivity index (χ0v) is 17.8. The van der Waals surface area contributed by atoms with Crippen LogP contribution in [0.4, 0.5) is 0 Å². The Morgan fingerprint density at radius 1 is 1.19 bits per heavy atom. The van der Waals surface area contributed by atoms with Gasteiger partial charge in [0, 0.05) is 10.9 Å². The van der Waals surface area contributed by atoms with Gasteiger partial charge in [-0.15, -0.1) is 0 Å². The molecule has 31 heavy (non-hydrogen) atoms. The third kappa shape index (κ3) is 3.57. The van der Waals surface area contributed by atoms with E-state index in [9.17, 15) is 14.9 Å². The molecule has 1 atom stereocenters. The smallest absolute Gasteiger partial charge is 0.337 e. The van der Waals surface area contributed by atoms with Crippen LogP contribution < -0.4 is 11.4 Å². The Morgan fingerprint density at radius 3 is 2.65 bits per heavy atom. The number of nitrogen functional groups attached to an aromatic ring is 1. The topological polar surface area (TPSA) is 98.1 Å². The van der Waals surface area contributed by atoms with E-state index in [0.29, 0.717) is 17.5 Å². The van der Waals surface area contributed by atoms with Gasteiger partial charge in [0.15, 0.2) is 0 Å². The Labute approximate surface area is 180 Å². The van der Waals surface area contributed by atoms with Gasteiger partial charge in [-0.3, -0.25) is 4.79 Å². The molecule has 0 saturated carbocycles. The molecule has 0 aliphatic heterocycles. The molecular weight excluding hydrogens is 390 g/mol. The van der Waals surface area contributed by atoms with Crippen molar-refractivity contribution in [3.8, 4) is 6.07 Å². The number of hydrogen-bond acceptors (Lipinski definition) is 5. The SMILES string of the molecule is COC(=O)c1cccc(CC(C)(C#N)c2ccc3c4c(c(=O)n(N)c3c2)CCCC4)c1. The molecule has 0 spiro atoms. The van der Waals surface area contributed by atoms with Crippen molar-refractivity contribution < 1.29 is 9.53 Å². The van der Waals surface area contributed by atoms with Crippen LogP contribution >= 0.6 is 0 Å². The van der Waals surface area contributed by atoms with Crippen LogP contribution in [0.3, 0.4) is 0 Å². The number of aryl methyl sites for hydroxylation is 1. The van der Waals surface area contributed by atoms with Crippen molar-refractivity contribution >= 4 is 16.9 Å². The quantitative estimate of drug-likeness (QED) is 0.520. The van der Waals surface area contributed by atoms with E-state index in [0.717, 1.165) is 53.3 Å². The van der Waals surface area contributed by atoms with Gasteiger partial charge in [-0.05, 0) is 73.9 Å². The molecule has 0 radical (unpaired) electrons. The van der Waals surface area contributed by atoms with Gasteiger partial charge < -0.3 is 10.6 Å². The second-order valence-electron chi connectivity index (χ2n) is 8.38. The molecule has 6 heteroatoms. The maximum Gasteiger partial charge on any atom is 0.337 e. The summed E-state index contributed by atoms with van der Waals surface area (Å²) in [6.45, 7) is 1.86. The lowest BCUT2D eigenvalue weighted by Crippen LogP contribution is -2.33. The molecule has 2 aromatic carbocycles. The molecular formula is C25H25N3O3. The van der Waals surface area contributed by atoms with Crippen LogP contribution in [0.1, 0.15) is 52.4 Å². The number of rotatable bonds is 4. The van der Waals surface area contributed by atoms with Crippen molar-refractivity contribution in [2.24, 2.45) is 0 Å². The summed E-state index contributed by atoms with van der Waals surface area (Å²) in [6, 6.07) is 15.3. The van der Waals surface area contributed by atoms with E-state index in [-0.39, 0.29) is 5.56 Å². The number of benzene rings is 2. The van der Waals surface area contributed by atoms with Crippen LogP contribution in [0, 0.1) is 11.3 Å². The minimum Gasteiger partial charge on any atom is -0.465 e. The number of carbonyl (C=O) groups is 1. The lowest BCUT2D eigenvalue weighted by molar-refractivity contribution is 0.0600. The van der Waals surface area contributed by atoms with Gasteiger partial charge in [0.05, 0.1) is 29.7 Å². The summed E-state index contributed by atoms with van der Waals surface area (Å²) >= 11 is 0. The van der Waals surface area contributed by atoms with Crippen molar-refractivity contribution in [3.05, 3.63) is 80.6 Å². The minimum absolute atomic E-state index is 0.149. The summed E-state index contributed by atoms with van der Waals surface area (Å²) in [5.74, 6) is 5.77. The second kappa shape index (κ2) is 7.92. The average Bonchev–Trinajstić information content (AvgIpc) is 2.81. The van der Waals surface area contributed by atoms with Crippen LogP contribution in [0.5, 0.6) is 0 Å². The van der Waals surface area contributed by atoms with Gasteiger partial charge in [0.25, 0.3) is 5.56 Å². The second-order valence-corrected chi connectivity index (χ2v) is 8.38. The number of nitrogens with two attached hydrogens (primary N) is 1. The highest BCUT2D eigenvalue weighted by atomic mass is 16.5. The molecule has 0 bridgehead atoms. The summed E-state index contributed by atoms with van der Waals surface area (Å²) in [5.41, 5.74) is 3.61. The van der Waals surface area contributed by atoms with E-state index in [1.807, 2.05) is 31.2 Å². The van der Waals surface area contributed by atoms with Gasteiger partial charge in [0.2, 0.25) is 0 Å². The van der Waals surface area contributed by atoms with Crippen molar-refractivity contribution in [1.29, 1.82) is 5.26 Å². The monoisotopic (exact) mass is 415 g/mol. The van der Waals surface area contributed by atoms with E-state index in [1.54, 1.807) is 18.2 Å². The number of nitriles is 1. The minimum atomic E-state index is -0.866. The van der Waals surface area contributed by atoms with Crippen molar-refractivity contribution in [3.63, 3.8) is 0 Å². The van der Waals surface area contributed by atoms with Crippen molar-refractivity contribution in [1.82, 2.24) is 4.68 Å². The van der Waals surface area contributed by atoms with E-state index < -0.39 is 11.4 Å². The Bertz CT molecular complexity index is 1290. The zero-order valence-electron chi connectivity index (χ0n) is 17.8. The number of hydrogen-bond donors (Lipinski definition) is 1. The summed E-state index contributed by atoms with van der Waals surface area (Å²) in [6.07, 6.45) is 4.10.